The van der Waals surface area contributed by atoms with Crippen molar-refractivity contribution in [3.8, 4) is 5.75 Å². The number of rotatable bonds is 4. The van der Waals surface area contributed by atoms with Gasteiger partial charge in [0.15, 0.2) is 0 Å². The summed E-state index contributed by atoms with van der Waals surface area (Å²) in [5.41, 5.74) is 2.66. The van der Waals surface area contributed by atoms with E-state index in [4.69, 9.17) is 9.72 Å². The molecule has 0 fully saturated rings. The van der Waals surface area contributed by atoms with E-state index in [1.165, 1.54) is 11.3 Å². The zero-order valence-electron chi connectivity index (χ0n) is 16.6. The van der Waals surface area contributed by atoms with Crippen molar-refractivity contribution >= 4 is 27.5 Å². The number of hydrogen-bond donors (Lipinski definition) is 1. The average Bonchev–Trinajstić information content (AvgIpc) is 2.96. The molecule has 2 aromatic heterocycles. The predicted molar refractivity (Wildman–Crippen MR) is 110 cm³/mol. The molecule has 1 N–H and O–H groups in total. The highest BCUT2D eigenvalue weighted by Crippen LogP contribution is 2.33. The van der Waals surface area contributed by atoms with Gasteiger partial charge in [-0.3, -0.25) is 4.79 Å². The lowest BCUT2D eigenvalue weighted by molar-refractivity contribution is 0.0954. The first kappa shape index (κ1) is 19.3. The molecule has 0 aliphatic heterocycles. The van der Waals surface area contributed by atoms with Crippen LogP contribution in [0.15, 0.2) is 24.3 Å². The maximum Gasteiger partial charge on any atom is 0.261 e. The van der Waals surface area contributed by atoms with Crippen molar-refractivity contribution in [2.45, 2.75) is 46.6 Å². The van der Waals surface area contributed by atoms with Gasteiger partial charge in [-0.25, -0.2) is 9.97 Å². The topological polar surface area (TPSA) is 64.1 Å². The van der Waals surface area contributed by atoms with Crippen molar-refractivity contribution in [1.82, 2.24) is 15.3 Å². The second-order valence-corrected chi connectivity index (χ2v) is 8.61. The first-order valence-corrected chi connectivity index (χ1v) is 9.72. The highest BCUT2D eigenvalue weighted by atomic mass is 32.1. The number of amides is 1. The van der Waals surface area contributed by atoms with Crippen LogP contribution < -0.4 is 10.1 Å². The quantitative estimate of drug-likeness (QED) is 0.718. The van der Waals surface area contributed by atoms with Gasteiger partial charge in [0.25, 0.3) is 5.91 Å². The summed E-state index contributed by atoms with van der Waals surface area (Å²) in [5, 5.41) is 3.98. The molecule has 6 heteroatoms. The lowest BCUT2D eigenvalue weighted by atomic mass is 9.95. The van der Waals surface area contributed by atoms with Crippen molar-refractivity contribution in [3.05, 3.63) is 51.8 Å². The Bertz CT molecular complexity index is 1000. The van der Waals surface area contributed by atoms with E-state index < -0.39 is 0 Å². The highest BCUT2D eigenvalue weighted by molar-refractivity contribution is 7.20. The monoisotopic (exact) mass is 383 g/mol. The number of thiophene rings is 1. The largest absolute Gasteiger partial charge is 0.496 e. The Labute approximate surface area is 163 Å². The fraction of sp³-hybridized carbons (Fsp3) is 0.381. The fourth-order valence-electron chi connectivity index (χ4n) is 3.00. The number of ether oxygens (including phenoxy) is 1. The van der Waals surface area contributed by atoms with E-state index in [1.807, 2.05) is 38.1 Å². The molecular weight excluding hydrogens is 358 g/mol. The minimum absolute atomic E-state index is 0.0990. The summed E-state index contributed by atoms with van der Waals surface area (Å²) in [6, 6.07) is 7.68. The van der Waals surface area contributed by atoms with Crippen LogP contribution in [0, 0.1) is 13.8 Å². The predicted octanol–water partition coefficient (Wildman–Crippen LogP) is 4.54. The van der Waals surface area contributed by atoms with Gasteiger partial charge >= 0.3 is 0 Å². The summed E-state index contributed by atoms with van der Waals surface area (Å²) in [4.78, 5) is 23.8. The van der Waals surface area contributed by atoms with Gasteiger partial charge in [0.1, 0.15) is 16.4 Å². The SMILES string of the molecule is COc1ccccc1CNC(=O)c1sc2nc(C(C)(C)C)nc(C)c2c1C. The first-order chi connectivity index (χ1) is 12.7. The molecule has 2 heterocycles. The second-order valence-electron chi connectivity index (χ2n) is 7.61. The molecule has 1 aromatic carbocycles. The Hall–Kier alpha value is -2.47. The molecule has 5 nitrogen and oxygen atoms in total. The molecule has 0 unspecified atom stereocenters. The smallest absolute Gasteiger partial charge is 0.261 e. The third-order valence-corrected chi connectivity index (χ3v) is 5.66. The van der Waals surface area contributed by atoms with Gasteiger partial charge < -0.3 is 10.1 Å². The summed E-state index contributed by atoms with van der Waals surface area (Å²) >= 11 is 1.43. The van der Waals surface area contributed by atoms with E-state index in [0.29, 0.717) is 11.4 Å². The number of benzene rings is 1. The number of carbonyl (C=O) groups is 1. The number of hydrogen-bond acceptors (Lipinski definition) is 5. The second kappa shape index (κ2) is 7.27. The highest BCUT2D eigenvalue weighted by Gasteiger charge is 2.23. The Morgan fingerprint density at radius 3 is 2.56 bits per heavy atom. The summed E-state index contributed by atoms with van der Waals surface area (Å²) < 4.78 is 5.35. The molecule has 0 saturated heterocycles. The van der Waals surface area contributed by atoms with Gasteiger partial charge in [-0.15, -0.1) is 11.3 Å². The molecular formula is C21H25N3O2S. The zero-order valence-corrected chi connectivity index (χ0v) is 17.5. The van der Waals surface area contributed by atoms with Gasteiger partial charge in [0, 0.05) is 22.9 Å². The number of aromatic nitrogens is 2. The number of methoxy groups -OCH3 is 1. The van der Waals surface area contributed by atoms with Gasteiger partial charge in [-0.05, 0) is 25.5 Å². The Balaban J connectivity index is 1.91. The maximum atomic E-state index is 12.8. The molecule has 0 spiro atoms. The van der Waals surface area contributed by atoms with Crippen LogP contribution in [0.1, 0.15) is 53.1 Å². The standard InChI is InChI=1S/C21H25N3O2S/c1-12-16-13(2)23-20(21(3,4)5)24-19(16)27-17(12)18(25)22-11-14-9-7-8-10-15(14)26-6/h7-10H,11H2,1-6H3,(H,22,25). The Morgan fingerprint density at radius 2 is 1.89 bits per heavy atom. The van der Waals surface area contributed by atoms with E-state index in [9.17, 15) is 4.79 Å². The molecule has 0 radical (unpaired) electrons. The lowest BCUT2D eigenvalue weighted by Gasteiger charge is -2.16. The van der Waals surface area contributed by atoms with Gasteiger partial charge in [0.05, 0.1) is 17.7 Å². The van der Waals surface area contributed by atoms with E-state index in [-0.39, 0.29) is 11.3 Å². The number of nitrogens with zero attached hydrogens (tertiary/aromatic N) is 2. The minimum atomic E-state index is -0.136. The molecule has 0 atom stereocenters. The van der Waals surface area contributed by atoms with Crippen LogP contribution in [-0.4, -0.2) is 23.0 Å². The van der Waals surface area contributed by atoms with E-state index >= 15 is 0 Å². The maximum absolute atomic E-state index is 12.8. The molecule has 142 valence electrons. The molecule has 1 amide bonds. The van der Waals surface area contributed by atoms with Crippen LogP contribution in [-0.2, 0) is 12.0 Å². The van der Waals surface area contributed by atoms with E-state index in [1.54, 1.807) is 7.11 Å². The number of para-hydroxylation sites is 1. The van der Waals surface area contributed by atoms with Crippen molar-refractivity contribution in [2.75, 3.05) is 7.11 Å². The van der Waals surface area contributed by atoms with Crippen LogP contribution in [0.5, 0.6) is 5.75 Å². The summed E-state index contributed by atoms with van der Waals surface area (Å²) in [6.07, 6.45) is 0. The van der Waals surface area contributed by atoms with Crippen LogP contribution in [0.25, 0.3) is 10.2 Å². The van der Waals surface area contributed by atoms with Crippen molar-refractivity contribution in [3.63, 3.8) is 0 Å². The third-order valence-electron chi connectivity index (χ3n) is 4.48. The fourth-order valence-corrected chi connectivity index (χ4v) is 4.14. The average molecular weight is 384 g/mol. The van der Waals surface area contributed by atoms with Gasteiger partial charge in [0.2, 0.25) is 0 Å². The van der Waals surface area contributed by atoms with Crippen LogP contribution in [0.3, 0.4) is 0 Å². The summed E-state index contributed by atoms with van der Waals surface area (Å²) in [5.74, 6) is 1.47. The third kappa shape index (κ3) is 3.81. The van der Waals surface area contributed by atoms with E-state index in [0.717, 1.165) is 38.6 Å². The number of fused-ring (bicyclic) bond motifs is 1. The molecule has 0 aliphatic rings. The first-order valence-electron chi connectivity index (χ1n) is 8.90. The van der Waals surface area contributed by atoms with Gasteiger partial charge in [-0.1, -0.05) is 39.0 Å². The lowest BCUT2D eigenvalue weighted by Crippen LogP contribution is -2.22. The summed E-state index contributed by atoms with van der Waals surface area (Å²) in [6.45, 7) is 10.6. The van der Waals surface area contributed by atoms with Crippen molar-refractivity contribution < 1.29 is 9.53 Å². The number of carbonyl (C=O) groups excluding carboxylic acids is 1. The van der Waals surface area contributed by atoms with Crippen LogP contribution >= 0.6 is 11.3 Å². The van der Waals surface area contributed by atoms with Gasteiger partial charge in [-0.2, -0.15) is 0 Å². The minimum Gasteiger partial charge on any atom is -0.496 e. The molecule has 0 saturated carbocycles. The summed E-state index contributed by atoms with van der Waals surface area (Å²) in [7, 11) is 1.63. The number of nitrogens with one attached hydrogen (secondary N) is 1. The van der Waals surface area contributed by atoms with Crippen LogP contribution in [0.4, 0.5) is 0 Å². The van der Waals surface area contributed by atoms with Crippen molar-refractivity contribution in [2.24, 2.45) is 0 Å². The Morgan fingerprint density at radius 1 is 1.19 bits per heavy atom. The number of aryl methyl sites for hydroxylation is 2. The zero-order chi connectivity index (χ0) is 19.8. The van der Waals surface area contributed by atoms with Crippen molar-refractivity contribution in [1.29, 1.82) is 0 Å². The Kier molecular flexibility index (Phi) is 5.20. The van der Waals surface area contributed by atoms with Crippen LogP contribution in [0.2, 0.25) is 0 Å². The molecule has 27 heavy (non-hydrogen) atoms. The van der Waals surface area contributed by atoms with E-state index in [2.05, 4.69) is 31.1 Å². The molecule has 0 bridgehead atoms. The normalized spacial score (nSPS) is 11.6. The molecule has 0 aliphatic carbocycles. The molecule has 3 aromatic rings. The molecule has 3 rings (SSSR count).